The second-order valence-corrected chi connectivity index (χ2v) is 5.61. The van der Waals surface area contributed by atoms with E-state index in [9.17, 15) is 9.59 Å². The maximum absolute atomic E-state index is 12.2. The number of H-pyrrole nitrogens is 1. The molecule has 0 unspecified atom stereocenters. The van der Waals surface area contributed by atoms with Gasteiger partial charge in [-0.15, -0.1) is 0 Å². The molecule has 128 valence electrons. The van der Waals surface area contributed by atoms with Crippen LogP contribution in [0.3, 0.4) is 0 Å². The van der Waals surface area contributed by atoms with Gasteiger partial charge in [0.25, 0.3) is 5.91 Å². The maximum Gasteiger partial charge on any atom is 0.272 e. The first-order valence-corrected chi connectivity index (χ1v) is 7.81. The monoisotopic (exact) mass is 358 g/mol. The Bertz CT molecular complexity index is 939. The number of hydrogen-bond donors (Lipinski definition) is 3. The molecule has 1 heterocycles. The van der Waals surface area contributed by atoms with E-state index in [1.54, 1.807) is 24.3 Å². The van der Waals surface area contributed by atoms with E-state index < -0.39 is 5.91 Å². The van der Waals surface area contributed by atoms with E-state index in [0.717, 1.165) is 5.52 Å². The van der Waals surface area contributed by atoms with Gasteiger partial charge in [0.05, 0.1) is 24.2 Å². The summed E-state index contributed by atoms with van der Waals surface area (Å²) in [6, 6.07) is 12.1. The minimum atomic E-state index is -0.430. The van der Waals surface area contributed by atoms with Crippen molar-refractivity contribution in [3.05, 3.63) is 53.2 Å². The van der Waals surface area contributed by atoms with Crippen LogP contribution in [0.1, 0.15) is 10.5 Å². The zero-order valence-corrected chi connectivity index (χ0v) is 14.1. The van der Waals surface area contributed by atoms with Crippen molar-refractivity contribution in [2.75, 3.05) is 19.0 Å². The summed E-state index contributed by atoms with van der Waals surface area (Å²) >= 11 is 6.01. The highest BCUT2D eigenvalue weighted by atomic mass is 35.5. The molecule has 2 amide bonds. The molecule has 0 aliphatic rings. The Balaban J connectivity index is 1.60. The summed E-state index contributed by atoms with van der Waals surface area (Å²) in [5, 5.41) is 13.0. The lowest BCUT2D eigenvalue weighted by Crippen LogP contribution is -2.33. The number of fused-ring (bicyclic) bond motifs is 1. The number of hydrogen-bond acceptors (Lipinski definition) is 4. The van der Waals surface area contributed by atoms with Crippen LogP contribution in [0.4, 0.5) is 5.69 Å². The number of ether oxygens (including phenoxy) is 1. The Hall–Kier alpha value is -3.06. The van der Waals surface area contributed by atoms with E-state index in [1.807, 2.05) is 18.2 Å². The number of nitrogens with one attached hydrogen (secondary N) is 3. The van der Waals surface area contributed by atoms with Crippen LogP contribution in [-0.2, 0) is 4.79 Å². The molecule has 0 spiro atoms. The van der Waals surface area contributed by atoms with Crippen molar-refractivity contribution in [3.63, 3.8) is 0 Å². The highest BCUT2D eigenvalue weighted by Crippen LogP contribution is 2.27. The number of carbonyl (C=O) groups excluding carboxylic acids is 2. The third-order valence-corrected chi connectivity index (χ3v) is 3.83. The lowest BCUT2D eigenvalue weighted by molar-refractivity contribution is -0.115. The van der Waals surface area contributed by atoms with Crippen LogP contribution < -0.4 is 15.4 Å². The SMILES string of the molecule is COc1ccc(NC(=O)CNC(=O)c2n[nH]c3ccccc23)cc1Cl. The molecule has 0 bridgehead atoms. The topological polar surface area (TPSA) is 96.1 Å². The van der Waals surface area contributed by atoms with Gasteiger partial charge in [0.15, 0.2) is 5.69 Å². The number of carbonyl (C=O) groups is 2. The first-order chi connectivity index (χ1) is 12.1. The van der Waals surface area contributed by atoms with E-state index in [-0.39, 0.29) is 18.1 Å². The van der Waals surface area contributed by atoms with Crippen LogP contribution in [0.15, 0.2) is 42.5 Å². The van der Waals surface area contributed by atoms with E-state index in [1.165, 1.54) is 7.11 Å². The molecule has 2 aromatic carbocycles. The number of para-hydroxylation sites is 1. The third kappa shape index (κ3) is 3.72. The van der Waals surface area contributed by atoms with Gasteiger partial charge >= 0.3 is 0 Å². The highest BCUT2D eigenvalue weighted by molar-refractivity contribution is 6.32. The molecule has 0 radical (unpaired) electrons. The molecule has 3 aromatic rings. The lowest BCUT2D eigenvalue weighted by atomic mass is 10.2. The van der Waals surface area contributed by atoms with Gasteiger partial charge in [0.1, 0.15) is 5.75 Å². The molecule has 8 heteroatoms. The van der Waals surface area contributed by atoms with Crippen LogP contribution in [0.5, 0.6) is 5.75 Å². The first kappa shape index (κ1) is 16.8. The average molecular weight is 359 g/mol. The van der Waals surface area contributed by atoms with Gasteiger partial charge in [0, 0.05) is 11.1 Å². The fourth-order valence-electron chi connectivity index (χ4n) is 2.33. The molecule has 3 rings (SSSR count). The number of aromatic nitrogens is 2. The summed E-state index contributed by atoms with van der Waals surface area (Å²) in [5.74, 6) is -0.298. The summed E-state index contributed by atoms with van der Waals surface area (Å²) in [6.45, 7) is -0.191. The standard InChI is InChI=1S/C17H15ClN4O3/c1-25-14-7-6-10(8-12(14)18)20-15(23)9-19-17(24)16-11-4-2-3-5-13(11)21-22-16/h2-8H,9H2,1H3,(H,19,24)(H,20,23)(H,21,22). The van der Waals surface area contributed by atoms with Gasteiger partial charge in [-0.05, 0) is 24.3 Å². The Morgan fingerprint density at radius 3 is 2.80 bits per heavy atom. The van der Waals surface area contributed by atoms with Crippen molar-refractivity contribution >= 4 is 40.0 Å². The predicted octanol–water partition coefficient (Wildman–Crippen LogP) is 2.59. The van der Waals surface area contributed by atoms with Crippen LogP contribution in [0.25, 0.3) is 10.9 Å². The largest absolute Gasteiger partial charge is 0.495 e. The Labute approximate surface area is 148 Å². The zero-order valence-electron chi connectivity index (χ0n) is 13.3. The smallest absolute Gasteiger partial charge is 0.272 e. The summed E-state index contributed by atoms with van der Waals surface area (Å²) in [7, 11) is 1.51. The normalized spacial score (nSPS) is 10.5. The van der Waals surface area contributed by atoms with E-state index in [0.29, 0.717) is 21.8 Å². The number of nitrogens with zero attached hydrogens (tertiary/aromatic N) is 1. The average Bonchev–Trinajstić information content (AvgIpc) is 3.04. The number of rotatable bonds is 5. The second kappa shape index (κ2) is 7.23. The molecule has 1 aromatic heterocycles. The highest BCUT2D eigenvalue weighted by Gasteiger charge is 2.14. The maximum atomic E-state index is 12.2. The van der Waals surface area contributed by atoms with E-state index in [4.69, 9.17) is 16.3 Å². The minimum Gasteiger partial charge on any atom is -0.495 e. The minimum absolute atomic E-state index is 0.191. The molecule has 0 saturated heterocycles. The van der Waals surface area contributed by atoms with Crippen molar-refractivity contribution in [2.45, 2.75) is 0 Å². The molecule has 0 aliphatic heterocycles. The van der Waals surface area contributed by atoms with Crippen molar-refractivity contribution in [3.8, 4) is 5.75 Å². The fraction of sp³-hybridized carbons (Fsp3) is 0.118. The molecular weight excluding hydrogens is 344 g/mol. The number of halogens is 1. The number of methoxy groups -OCH3 is 1. The van der Waals surface area contributed by atoms with Crippen molar-refractivity contribution in [2.24, 2.45) is 0 Å². The van der Waals surface area contributed by atoms with Gasteiger partial charge in [0.2, 0.25) is 5.91 Å². The molecule has 0 saturated carbocycles. The van der Waals surface area contributed by atoms with Crippen molar-refractivity contribution in [1.82, 2.24) is 15.5 Å². The zero-order chi connectivity index (χ0) is 17.8. The Morgan fingerprint density at radius 1 is 1.24 bits per heavy atom. The lowest BCUT2D eigenvalue weighted by Gasteiger charge is -2.08. The Morgan fingerprint density at radius 2 is 2.04 bits per heavy atom. The third-order valence-electron chi connectivity index (χ3n) is 3.53. The molecule has 0 atom stereocenters. The molecule has 7 nitrogen and oxygen atoms in total. The summed E-state index contributed by atoms with van der Waals surface area (Å²) in [6.07, 6.45) is 0. The van der Waals surface area contributed by atoms with Gasteiger partial charge in [-0.1, -0.05) is 29.8 Å². The van der Waals surface area contributed by atoms with E-state index in [2.05, 4.69) is 20.8 Å². The second-order valence-electron chi connectivity index (χ2n) is 5.20. The number of aromatic amines is 1. The van der Waals surface area contributed by atoms with Gasteiger partial charge in [-0.25, -0.2) is 0 Å². The Kier molecular flexibility index (Phi) is 4.85. The molecule has 3 N–H and O–H groups in total. The van der Waals surface area contributed by atoms with Gasteiger partial charge in [-0.3, -0.25) is 14.7 Å². The molecule has 25 heavy (non-hydrogen) atoms. The number of anilines is 1. The quantitative estimate of drug-likeness (QED) is 0.653. The van der Waals surface area contributed by atoms with Crippen molar-refractivity contribution < 1.29 is 14.3 Å². The van der Waals surface area contributed by atoms with Crippen LogP contribution >= 0.6 is 11.6 Å². The fourth-order valence-corrected chi connectivity index (χ4v) is 2.59. The predicted molar refractivity (Wildman–Crippen MR) is 95.1 cm³/mol. The van der Waals surface area contributed by atoms with Crippen molar-refractivity contribution in [1.29, 1.82) is 0 Å². The molecule has 0 fully saturated rings. The first-order valence-electron chi connectivity index (χ1n) is 7.43. The van der Waals surface area contributed by atoms with Crippen LogP contribution in [-0.4, -0.2) is 35.7 Å². The summed E-state index contributed by atoms with van der Waals surface area (Å²) in [4.78, 5) is 24.2. The molecule has 0 aliphatic carbocycles. The number of benzene rings is 2. The van der Waals surface area contributed by atoms with Gasteiger partial charge < -0.3 is 15.4 Å². The van der Waals surface area contributed by atoms with Crippen LogP contribution in [0, 0.1) is 0 Å². The van der Waals surface area contributed by atoms with E-state index >= 15 is 0 Å². The van der Waals surface area contributed by atoms with Gasteiger partial charge in [-0.2, -0.15) is 5.10 Å². The summed E-state index contributed by atoms with van der Waals surface area (Å²) < 4.78 is 5.05. The molecular formula is C17H15ClN4O3. The van der Waals surface area contributed by atoms with Crippen LogP contribution in [0.2, 0.25) is 5.02 Å². The number of amides is 2. The summed E-state index contributed by atoms with van der Waals surface area (Å²) in [5.41, 5.74) is 1.51.